The molecule has 166 valence electrons. The summed E-state index contributed by atoms with van der Waals surface area (Å²) in [4.78, 5) is 0. The molecule has 0 spiro atoms. The Hall–Kier alpha value is -0.900. The first-order valence-electron chi connectivity index (χ1n) is 9.85. The number of hydrogen-bond donors (Lipinski definition) is 0. The standard InChI is InChI=1S/C13H9.C9H15O2Si.C3H6.2ClH.Zr/c1-3-7-12-10(5-1)9-11-6-2-4-8-13(11)12;1-12(2,3)11-8-10-9-6-4-5-7-9;1-3-2;;;/h1-9H;4,6H,5,8H2,1-3H3;1-2H3;2*1H;/q2*-1;;;;+2/p-2. The first-order valence-corrected chi connectivity index (χ1v) is 14.5. The van der Waals surface area contributed by atoms with E-state index < -0.39 is 8.32 Å². The predicted molar refractivity (Wildman–Crippen MR) is 124 cm³/mol. The van der Waals surface area contributed by atoms with Crippen LogP contribution in [0.15, 0.2) is 72.5 Å². The fraction of sp³-hybridized carbons (Fsp3) is 0.280. The summed E-state index contributed by atoms with van der Waals surface area (Å²) in [7, 11) is -1.42. The second-order valence-corrected chi connectivity index (χ2v) is 15.0. The molecule has 31 heavy (non-hydrogen) atoms. The summed E-state index contributed by atoms with van der Waals surface area (Å²) in [5.41, 5.74) is 0. The molecule has 0 saturated heterocycles. The van der Waals surface area contributed by atoms with Crippen LogP contribution in [-0.4, -0.2) is 18.3 Å². The van der Waals surface area contributed by atoms with Crippen LogP contribution in [0, 0.1) is 6.08 Å². The molecule has 0 saturated carbocycles. The van der Waals surface area contributed by atoms with E-state index in [0.29, 0.717) is 6.79 Å². The molecule has 0 atom stereocenters. The van der Waals surface area contributed by atoms with E-state index >= 15 is 0 Å². The summed E-state index contributed by atoms with van der Waals surface area (Å²) in [5, 5.41) is 5.39. The molecule has 1 aliphatic carbocycles. The summed E-state index contributed by atoms with van der Waals surface area (Å²) in [6.45, 7) is 11.0. The van der Waals surface area contributed by atoms with Crippen molar-refractivity contribution in [2.45, 2.75) is 39.9 Å². The van der Waals surface area contributed by atoms with Crippen LogP contribution >= 0.6 is 0 Å². The normalized spacial score (nSPS) is 11.9. The van der Waals surface area contributed by atoms with Crippen molar-refractivity contribution in [1.29, 1.82) is 0 Å². The van der Waals surface area contributed by atoms with Crippen LogP contribution in [0.1, 0.15) is 20.3 Å². The van der Waals surface area contributed by atoms with Gasteiger partial charge in [-0.25, -0.2) is 6.08 Å². The smallest absolute Gasteiger partial charge is 0.188 e. The van der Waals surface area contributed by atoms with Gasteiger partial charge in [-0.3, -0.25) is 0 Å². The molecule has 3 aromatic rings. The summed E-state index contributed by atoms with van der Waals surface area (Å²) >= 11 is 1.55. The van der Waals surface area contributed by atoms with Crippen molar-refractivity contribution in [2.75, 3.05) is 6.79 Å². The van der Waals surface area contributed by atoms with Gasteiger partial charge in [0.2, 0.25) is 0 Å². The molecular weight excluding hydrogens is 522 g/mol. The third-order valence-electron chi connectivity index (χ3n) is 3.89. The first-order chi connectivity index (χ1) is 13.8. The number of rotatable bonds is 4. The van der Waals surface area contributed by atoms with Crippen LogP contribution in [0.2, 0.25) is 19.6 Å². The van der Waals surface area contributed by atoms with Crippen molar-refractivity contribution in [1.82, 2.24) is 0 Å². The molecule has 0 bridgehead atoms. The maximum atomic E-state index is 5.51. The summed E-state index contributed by atoms with van der Waals surface area (Å²) in [6, 6.07) is 19.3. The molecule has 0 aromatic heterocycles. The minimum Gasteiger partial charge on any atom is -1.00 e. The predicted octanol–water partition coefficient (Wildman–Crippen LogP) is 0.924. The van der Waals surface area contributed by atoms with Gasteiger partial charge >= 0.3 is 41.3 Å². The van der Waals surface area contributed by atoms with Crippen molar-refractivity contribution in [3.8, 4) is 0 Å². The van der Waals surface area contributed by atoms with Gasteiger partial charge in [0.05, 0.1) is 0 Å². The zero-order chi connectivity index (χ0) is 21.3. The Kier molecular flexibility index (Phi) is 14.6. The molecule has 0 N–H and O–H groups in total. The Labute approximate surface area is 215 Å². The van der Waals surface area contributed by atoms with Gasteiger partial charge in [-0.05, 0) is 25.4 Å². The van der Waals surface area contributed by atoms with Gasteiger partial charge < -0.3 is 34.0 Å². The zero-order valence-electron chi connectivity index (χ0n) is 18.8. The average Bonchev–Trinajstić information content (AvgIpc) is 3.28. The molecule has 4 rings (SSSR count). The van der Waals surface area contributed by atoms with Crippen LogP contribution in [-0.2, 0) is 33.4 Å². The molecule has 0 aliphatic heterocycles. The van der Waals surface area contributed by atoms with Gasteiger partial charge in [-0.15, -0.1) is 46.2 Å². The van der Waals surface area contributed by atoms with E-state index in [2.05, 4.69) is 94.2 Å². The molecule has 6 heteroatoms. The van der Waals surface area contributed by atoms with Crippen molar-refractivity contribution in [3.63, 3.8) is 0 Å². The van der Waals surface area contributed by atoms with E-state index in [4.69, 9.17) is 9.16 Å². The number of halogens is 2. The number of hydrogen-bond acceptors (Lipinski definition) is 2. The van der Waals surface area contributed by atoms with Crippen LogP contribution in [0.25, 0.3) is 21.5 Å². The Morgan fingerprint density at radius 3 is 1.87 bits per heavy atom. The largest absolute Gasteiger partial charge is 1.00 e. The second-order valence-electron chi connectivity index (χ2n) is 7.99. The van der Waals surface area contributed by atoms with Gasteiger partial charge in [-0.2, -0.15) is 12.2 Å². The van der Waals surface area contributed by atoms with Crippen molar-refractivity contribution < 1.29 is 58.2 Å². The molecule has 0 radical (unpaired) electrons. The number of allylic oxidation sites excluding steroid dienone is 3. The van der Waals surface area contributed by atoms with Gasteiger partial charge in [0, 0.05) is 0 Å². The Morgan fingerprint density at radius 2 is 1.45 bits per heavy atom. The van der Waals surface area contributed by atoms with Crippen LogP contribution in [0.3, 0.4) is 0 Å². The van der Waals surface area contributed by atoms with E-state index in [1.54, 1.807) is 24.2 Å². The van der Waals surface area contributed by atoms with E-state index in [0.717, 1.165) is 12.2 Å². The van der Waals surface area contributed by atoms with Crippen molar-refractivity contribution in [3.05, 3.63) is 78.6 Å². The molecule has 0 amide bonds. The van der Waals surface area contributed by atoms with Crippen LogP contribution < -0.4 is 24.8 Å². The van der Waals surface area contributed by atoms with Gasteiger partial charge in [0.25, 0.3) is 0 Å². The van der Waals surface area contributed by atoms with Crippen LogP contribution in [0.5, 0.6) is 0 Å². The summed E-state index contributed by atoms with van der Waals surface area (Å²) in [5.74, 6) is 0.813. The minimum atomic E-state index is -1.42. The van der Waals surface area contributed by atoms with Gasteiger partial charge in [-0.1, -0.05) is 36.4 Å². The zero-order valence-corrected chi connectivity index (χ0v) is 23.8. The van der Waals surface area contributed by atoms with Crippen molar-refractivity contribution in [2.24, 2.45) is 0 Å². The average molecular weight is 553 g/mol. The van der Waals surface area contributed by atoms with Gasteiger partial charge in [0.1, 0.15) is 0 Å². The molecule has 0 fully saturated rings. The summed E-state index contributed by atoms with van der Waals surface area (Å²) in [6.07, 6.45) is 7.87. The number of fused-ring (bicyclic) bond motifs is 3. The summed E-state index contributed by atoms with van der Waals surface area (Å²) < 4.78 is 12.3. The maximum Gasteiger partial charge on any atom is 0.188 e. The molecule has 0 unspecified atom stereocenters. The van der Waals surface area contributed by atoms with E-state index in [1.807, 2.05) is 12.2 Å². The van der Waals surface area contributed by atoms with Crippen LogP contribution in [0.4, 0.5) is 0 Å². The fourth-order valence-electron chi connectivity index (χ4n) is 2.66. The fourth-order valence-corrected chi connectivity index (χ4v) is 3.07. The Balaban J connectivity index is 0.000000473. The third-order valence-corrected chi connectivity index (χ3v) is 4.88. The van der Waals surface area contributed by atoms with Crippen molar-refractivity contribution >= 4 is 33.1 Å². The topological polar surface area (TPSA) is 18.5 Å². The number of benzene rings is 2. The maximum absolute atomic E-state index is 5.51. The quantitative estimate of drug-likeness (QED) is 0.273. The van der Waals surface area contributed by atoms with E-state index in [1.165, 1.54) is 24.8 Å². The molecule has 0 heterocycles. The SMILES string of the molecule is C[C](C)=[Zr+2].C[Si](C)(C)OCOC1=[C-]CC=C1.[Cl-].[Cl-].c1ccc2c(c1)[cH-]c1ccccc12. The third kappa shape index (κ3) is 11.5. The Morgan fingerprint density at radius 1 is 0.968 bits per heavy atom. The molecule has 2 nitrogen and oxygen atoms in total. The molecular formula is C25H30Cl2O2SiZr-2. The Bertz CT molecular complexity index is 949. The number of ether oxygens (including phenoxy) is 1. The van der Waals surface area contributed by atoms with E-state index in [-0.39, 0.29) is 24.8 Å². The molecule has 3 aromatic carbocycles. The molecule has 1 aliphatic rings. The van der Waals surface area contributed by atoms with E-state index in [9.17, 15) is 0 Å². The monoisotopic (exact) mass is 550 g/mol. The second kappa shape index (κ2) is 15.0. The van der Waals surface area contributed by atoms with Gasteiger partial charge in [0.15, 0.2) is 15.1 Å². The minimum absolute atomic E-state index is 0. The first kappa shape index (κ1) is 30.1.